The number of benzene rings is 2. The van der Waals surface area contributed by atoms with Gasteiger partial charge < -0.3 is 15.5 Å². The summed E-state index contributed by atoms with van der Waals surface area (Å²) in [5.41, 5.74) is 2.98. The first-order valence-corrected chi connectivity index (χ1v) is 6.83. The summed E-state index contributed by atoms with van der Waals surface area (Å²) in [7, 11) is 0. The van der Waals surface area contributed by atoms with Crippen molar-refractivity contribution in [1.82, 2.24) is 5.32 Å². The molecule has 2 aromatic rings. The van der Waals surface area contributed by atoms with Crippen LogP contribution in [0.2, 0.25) is 0 Å². The summed E-state index contributed by atoms with van der Waals surface area (Å²) in [6, 6.07) is 13.0. The second-order valence-electron chi connectivity index (χ2n) is 5.18. The lowest BCUT2D eigenvalue weighted by atomic mass is 10.00. The van der Waals surface area contributed by atoms with E-state index in [0.717, 1.165) is 0 Å². The zero-order valence-corrected chi connectivity index (χ0v) is 12.1. The molecule has 0 saturated carbocycles. The number of hydrogen-bond acceptors (Lipinski definition) is 3. The summed E-state index contributed by atoms with van der Waals surface area (Å²) < 4.78 is 0. The monoisotopic (exact) mass is 271 g/mol. The average molecular weight is 271 g/mol. The molecule has 0 radical (unpaired) electrons. The molecule has 2 aromatic carbocycles. The Morgan fingerprint density at radius 3 is 2.05 bits per heavy atom. The molecule has 3 heteroatoms. The Hall–Kier alpha value is -2.00. The van der Waals surface area contributed by atoms with Gasteiger partial charge in [0, 0.05) is 12.1 Å². The van der Waals surface area contributed by atoms with Gasteiger partial charge in [0.15, 0.2) is 0 Å². The van der Waals surface area contributed by atoms with E-state index in [4.69, 9.17) is 0 Å². The fourth-order valence-corrected chi connectivity index (χ4v) is 2.61. The number of aromatic hydroxyl groups is 2. The summed E-state index contributed by atoms with van der Waals surface area (Å²) in [6.07, 6.45) is 0. The maximum absolute atomic E-state index is 9.90. The zero-order chi connectivity index (χ0) is 14.7. The number of phenols is 2. The highest BCUT2D eigenvalue weighted by atomic mass is 16.3. The van der Waals surface area contributed by atoms with Gasteiger partial charge in [0.25, 0.3) is 0 Å². The lowest BCUT2D eigenvalue weighted by Crippen LogP contribution is -2.23. The van der Waals surface area contributed by atoms with Gasteiger partial charge >= 0.3 is 0 Å². The van der Waals surface area contributed by atoms with Crippen LogP contribution >= 0.6 is 0 Å². The maximum Gasteiger partial charge on any atom is 0.124 e. The van der Waals surface area contributed by atoms with Gasteiger partial charge in [-0.2, -0.15) is 0 Å². The Labute approximate surface area is 119 Å². The number of hydrogen-bond donors (Lipinski definition) is 3. The van der Waals surface area contributed by atoms with Gasteiger partial charge in [-0.15, -0.1) is 0 Å². The lowest BCUT2D eigenvalue weighted by Gasteiger charge is -2.23. The highest BCUT2D eigenvalue weighted by Gasteiger charge is 2.18. The van der Waals surface area contributed by atoms with Crippen LogP contribution in [0.3, 0.4) is 0 Å². The minimum Gasteiger partial charge on any atom is -0.507 e. The molecule has 0 spiro atoms. The number of nitrogens with one attached hydrogen (secondary N) is 1. The quantitative estimate of drug-likeness (QED) is 0.792. The molecule has 3 nitrogen and oxygen atoms in total. The molecule has 0 heterocycles. The third-order valence-electron chi connectivity index (χ3n) is 3.65. The molecule has 0 amide bonds. The largest absolute Gasteiger partial charge is 0.507 e. The van der Waals surface area contributed by atoms with E-state index in [2.05, 4.69) is 31.3 Å². The summed E-state index contributed by atoms with van der Waals surface area (Å²) in [6.45, 7) is 6.09. The Kier molecular flexibility index (Phi) is 4.30. The van der Waals surface area contributed by atoms with Crippen molar-refractivity contribution in [3.05, 3.63) is 59.2 Å². The van der Waals surface area contributed by atoms with Crippen molar-refractivity contribution in [2.24, 2.45) is 0 Å². The maximum atomic E-state index is 9.90. The van der Waals surface area contributed by atoms with Crippen molar-refractivity contribution in [1.29, 1.82) is 0 Å². The molecule has 3 N–H and O–H groups in total. The van der Waals surface area contributed by atoms with Crippen molar-refractivity contribution >= 4 is 0 Å². The fourth-order valence-electron chi connectivity index (χ4n) is 2.61. The lowest BCUT2D eigenvalue weighted by molar-refractivity contribution is 0.407. The van der Waals surface area contributed by atoms with Crippen LogP contribution in [0, 0.1) is 6.92 Å². The molecule has 106 valence electrons. The third kappa shape index (κ3) is 2.94. The van der Waals surface area contributed by atoms with Gasteiger partial charge in [0.1, 0.15) is 11.5 Å². The van der Waals surface area contributed by atoms with Crippen LogP contribution in [0.5, 0.6) is 11.5 Å². The van der Waals surface area contributed by atoms with E-state index in [9.17, 15) is 10.2 Å². The summed E-state index contributed by atoms with van der Waals surface area (Å²) >= 11 is 0. The van der Waals surface area contributed by atoms with Gasteiger partial charge in [-0.1, -0.05) is 30.3 Å². The van der Waals surface area contributed by atoms with Gasteiger partial charge in [-0.25, -0.2) is 0 Å². The molecule has 0 aliphatic rings. The SMILES string of the molecule is Cc1ccccc1C(C)NC(C)c1c(O)cccc1O. The van der Waals surface area contributed by atoms with E-state index in [1.807, 2.05) is 19.1 Å². The van der Waals surface area contributed by atoms with E-state index in [1.54, 1.807) is 18.2 Å². The minimum absolute atomic E-state index is 0.113. The highest BCUT2D eigenvalue weighted by Crippen LogP contribution is 2.33. The van der Waals surface area contributed by atoms with Gasteiger partial charge in [-0.05, 0) is 44.0 Å². The number of rotatable bonds is 4. The van der Waals surface area contributed by atoms with Gasteiger partial charge in [-0.3, -0.25) is 0 Å². The molecule has 2 atom stereocenters. The molecule has 0 aliphatic heterocycles. The summed E-state index contributed by atoms with van der Waals surface area (Å²) in [5.74, 6) is 0.226. The smallest absolute Gasteiger partial charge is 0.124 e. The van der Waals surface area contributed by atoms with Crippen molar-refractivity contribution in [3.8, 4) is 11.5 Å². The predicted octanol–water partition coefficient (Wildman–Crippen LogP) is 3.82. The van der Waals surface area contributed by atoms with E-state index >= 15 is 0 Å². The Balaban J connectivity index is 2.20. The molecule has 0 bridgehead atoms. The molecule has 2 rings (SSSR count). The normalized spacial score (nSPS) is 13.9. The average Bonchev–Trinajstić information content (AvgIpc) is 2.38. The predicted molar refractivity (Wildman–Crippen MR) is 80.9 cm³/mol. The van der Waals surface area contributed by atoms with Crippen LogP contribution in [-0.2, 0) is 0 Å². The van der Waals surface area contributed by atoms with Crippen LogP contribution in [0.15, 0.2) is 42.5 Å². The van der Waals surface area contributed by atoms with Crippen LogP contribution in [0.25, 0.3) is 0 Å². The molecular weight excluding hydrogens is 250 g/mol. The Morgan fingerprint density at radius 2 is 1.45 bits per heavy atom. The topological polar surface area (TPSA) is 52.5 Å². The van der Waals surface area contributed by atoms with Gasteiger partial charge in [0.2, 0.25) is 0 Å². The first-order valence-electron chi connectivity index (χ1n) is 6.83. The summed E-state index contributed by atoms with van der Waals surface area (Å²) in [5, 5.41) is 23.2. The van der Waals surface area contributed by atoms with Crippen LogP contribution in [0.4, 0.5) is 0 Å². The second kappa shape index (κ2) is 5.97. The van der Waals surface area contributed by atoms with E-state index in [1.165, 1.54) is 11.1 Å². The molecule has 0 fully saturated rings. The fraction of sp³-hybridized carbons (Fsp3) is 0.294. The number of phenolic OH excluding ortho intramolecular Hbond substituents is 2. The zero-order valence-electron chi connectivity index (χ0n) is 12.1. The highest BCUT2D eigenvalue weighted by molar-refractivity contribution is 5.45. The van der Waals surface area contributed by atoms with Crippen molar-refractivity contribution in [2.45, 2.75) is 32.9 Å². The Morgan fingerprint density at radius 1 is 0.850 bits per heavy atom. The molecule has 0 aliphatic carbocycles. The third-order valence-corrected chi connectivity index (χ3v) is 3.65. The summed E-state index contributed by atoms with van der Waals surface area (Å²) in [4.78, 5) is 0. The van der Waals surface area contributed by atoms with Crippen LogP contribution in [0.1, 0.15) is 42.6 Å². The molecule has 0 aromatic heterocycles. The standard InChI is InChI=1S/C17H21NO2/c1-11-7-4-5-8-14(11)12(2)18-13(3)17-15(19)9-6-10-16(17)20/h4-10,12-13,18-20H,1-3H3. The first kappa shape index (κ1) is 14.4. The van der Waals surface area contributed by atoms with E-state index in [0.29, 0.717) is 5.56 Å². The number of aryl methyl sites for hydroxylation is 1. The van der Waals surface area contributed by atoms with Crippen LogP contribution in [-0.4, -0.2) is 10.2 Å². The second-order valence-corrected chi connectivity index (χ2v) is 5.18. The molecule has 20 heavy (non-hydrogen) atoms. The van der Waals surface area contributed by atoms with E-state index < -0.39 is 0 Å². The van der Waals surface area contributed by atoms with Crippen LogP contribution < -0.4 is 5.32 Å². The molecular formula is C17H21NO2. The first-order chi connectivity index (χ1) is 9.50. The van der Waals surface area contributed by atoms with Crippen molar-refractivity contribution in [3.63, 3.8) is 0 Å². The van der Waals surface area contributed by atoms with Crippen molar-refractivity contribution < 1.29 is 10.2 Å². The minimum atomic E-state index is -0.147. The van der Waals surface area contributed by atoms with E-state index in [-0.39, 0.29) is 23.6 Å². The van der Waals surface area contributed by atoms with Gasteiger partial charge in [0.05, 0.1) is 5.56 Å². The Bertz CT molecular complexity index is 575. The molecule has 2 unspecified atom stereocenters. The van der Waals surface area contributed by atoms with Crippen molar-refractivity contribution in [2.75, 3.05) is 0 Å². The molecule has 0 saturated heterocycles.